The molecule has 1 rings (SSSR count). The van der Waals surface area contributed by atoms with Crippen LogP contribution in [0.2, 0.25) is 0 Å². The fraction of sp³-hybridized carbons (Fsp3) is 0.500. The van der Waals surface area contributed by atoms with Crippen molar-refractivity contribution >= 4 is 10.1 Å². The molecule has 5 heteroatoms. The fourth-order valence-electron chi connectivity index (χ4n) is 1.31. The average Bonchev–Trinajstić information content (AvgIpc) is 2.21. The monoisotopic (exact) mass is 258 g/mol. The Morgan fingerprint density at radius 1 is 1.18 bits per heavy atom. The minimum atomic E-state index is -3.34. The van der Waals surface area contributed by atoms with Gasteiger partial charge in [0.05, 0.1) is 19.5 Å². The second kappa shape index (κ2) is 6.02. The summed E-state index contributed by atoms with van der Waals surface area (Å²) in [4.78, 5) is 0. The summed E-state index contributed by atoms with van der Waals surface area (Å²) in [5.41, 5.74) is 2.21. The normalized spacial score (nSPS) is 11.5. The van der Waals surface area contributed by atoms with Gasteiger partial charge in [-0.15, -0.1) is 0 Å². The first-order valence-corrected chi connectivity index (χ1v) is 7.24. The van der Waals surface area contributed by atoms with Crippen molar-refractivity contribution in [1.82, 2.24) is 0 Å². The van der Waals surface area contributed by atoms with Crippen LogP contribution in [0.3, 0.4) is 0 Å². The molecule has 0 saturated carbocycles. The molecule has 0 aromatic heterocycles. The molecule has 0 radical (unpaired) electrons. The van der Waals surface area contributed by atoms with Gasteiger partial charge >= 0.3 is 0 Å². The van der Waals surface area contributed by atoms with Crippen LogP contribution >= 0.6 is 0 Å². The van der Waals surface area contributed by atoms with Gasteiger partial charge in [0.2, 0.25) is 0 Å². The molecular weight excluding hydrogens is 240 g/mol. The lowest BCUT2D eigenvalue weighted by molar-refractivity contribution is 0.251. The molecule has 0 bridgehead atoms. The van der Waals surface area contributed by atoms with Gasteiger partial charge in [-0.2, -0.15) is 8.42 Å². The third kappa shape index (κ3) is 5.70. The van der Waals surface area contributed by atoms with Crippen molar-refractivity contribution in [2.45, 2.75) is 20.3 Å². The molecule has 0 N–H and O–H groups in total. The zero-order chi connectivity index (χ0) is 12.9. The molecule has 0 amide bonds. The molecule has 4 nitrogen and oxygen atoms in total. The first kappa shape index (κ1) is 14.0. The van der Waals surface area contributed by atoms with E-state index in [0.717, 1.165) is 23.1 Å². The standard InChI is InChI=1S/C12H18O4S/c1-10-5-6-11(2)12(9-10)15-7-4-8-16-17(3,13)14/h5-6,9H,4,7-8H2,1-3H3. The molecule has 0 saturated heterocycles. The Labute approximate surface area is 103 Å². The average molecular weight is 258 g/mol. The van der Waals surface area contributed by atoms with Gasteiger partial charge in [0.1, 0.15) is 5.75 Å². The third-order valence-corrected chi connectivity index (χ3v) is 2.78. The van der Waals surface area contributed by atoms with Crippen molar-refractivity contribution < 1.29 is 17.3 Å². The van der Waals surface area contributed by atoms with Crippen LogP contribution in [0.25, 0.3) is 0 Å². The van der Waals surface area contributed by atoms with Gasteiger partial charge < -0.3 is 4.74 Å². The van der Waals surface area contributed by atoms with Crippen molar-refractivity contribution in [3.8, 4) is 5.75 Å². The molecule has 0 aliphatic carbocycles. The third-order valence-electron chi connectivity index (χ3n) is 2.19. The van der Waals surface area contributed by atoms with Crippen molar-refractivity contribution in [2.75, 3.05) is 19.5 Å². The molecule has 1 aromatic rings. The number of benzene rings is 1. The zero-order valence-electron chi connectivity index (χ0n) is 10.4. The lowest BCUT2D eigenvalue weighted by Gasteiger charge is -2.09. The predicted molar refractivity (Wildman–Crippen MR) is 66.8 cm³/mol. The Morgan fingerprint density at radius 2 is 1.88 bits per heavy atom. The van der Waals surface area contributed by atoms with Crippen molar-refractivity contribution in [2.24, 2.45) is 0 Å². The molecule has 0 spiro atoms. The Hall–Kier alpha value is -1.07. The maximum Gasteiger partial charge on any atom is 0.264 e. The molecule has 0 heterocycles. The Kier molecular flexibility index (Phi) is 4.96. The highest BCUT2D eigenvalue weighted by atomic mass is 32.2. The van der Waals surface area contributed by atoms with E-state index < -0.39 is 10.1 Å². The molecule has 17 heavy (non-hydrogen) atoms. The quantitative estimate of drug-likeness (QED) is 0.579. The summed E-state index contributed by atoms with van der Waals surface area (Å²) in [6, 6.07) is 5.99. The van der Waals surface area contributed by atoms with E-state index in [1.165, 1.54) is 0 Å². The molecular formula is C12H18O4S. The molecule has 0 fully saturated rings. The van der Waals surface area contributed by atoms with Crippen molar-refractivity contribution in [3.63, 3.8) is 0 Å². The SMILES string of the molecule is Cc1ccc(C)c(OCCCOS(C)(=O)=O)c1. The molecule has 1 aromatic carbocycles. The number of aryl methyl sites for hydroxylation is 2. The second-order valence-corrected chi connectivity index (χ2v) is 5.64. The maximum absolute atomic E-state index is 10.7. The molecule has 96 valence electrons. The predicted octanol–water partition coefficient (Wildman–Crippen LogP) is 2.05. The lowest BCUT2D eigenvalue weighted by Crippen LogP contribution is -2.08. The van der Waals surface area contributed by atoms with Gasteiger partial charge in [-0.1, -0.05) is 12.1 Å². The Bertz CT molecular complexity index is 465. The molecule has 0 aliphatic heterocycles. The summed E-state index contributed by atoms with van der Waals surface area (Å²) in [5.74, 6) is 0.837. The van der Waals surface area contributed by atoms with Crippen molar-refractivity contribution in [1.29, 1.82) is 0 Å². The Balaban J connectivity index is 2.34. The number of hydrogen-bond acceptors (Lipinski definition) is 4. The minimum absolute atomic E-state index is 0.156. The summed E-state index contributed by atoms with van der Waals surface area (Å²) >= 11 is 0. The van der Waals surface area contributed by atoms with E-state index in [4.69, 9.17) is 4.74 Å². The Morgan fingerprint density at radius 3 is 2.53 bits per heavy atom. The maximum atomic E-state index is 10.7. The van der Waals surface area contributed by atoms with Crippen molar-refractivity contribution in [3.05, 3.63) is 29.3 Å². The van der Waals surface area contributed by atoms with E-state index in [1.54, 1.807) is 0 Å². The fourth-order valence-corrected chi connectivity index (χ4v) is 1.73. The van der Waals surface area contributed by atoms with Gasteiger partial charge in [-0.25, -0.2) is 0 Å². The highest BCUT2D eigenvalue weighted by molar-refractivity contribution is 7.85. The zero-order valence-corrected chi connectivity index (χ0v) is 11.2. The van der Waals surface area contributed by atoms with Gasteiger partial charge in [-0.05, 0) is 31.0 Å². The van der Waals surface area contributed by atoms with E-state index in [9.17, 15) is 8.42 Å². The minimum Gasteiger partial charge on any atom is -0.493 e. The highest BCUT2D eigenvalue weighted by Gasteiger charge is 2.02. The van der Waals surface area contributed by atoms with E-state index >= 15 is 0 Å². The van der Waals surface area contributed by atoms with Crippen LogP contribution < -0.4 is 4.74 Å². The summed E-state index contributed by atoms with van der Waals surface area (Å²) in [6.07, 6.45) is 1.58. The molecule has 0 unspecified atom stereocenters. The number of ether oxygens (including phenoxy) is 1. The van der Waals surface area contributed by atoms with E-state index in [1.807, 2.05) is 32.0 Å². The van der Waals surface area contributed by atoms with E-state index in [-0.39, 0.29) is 6.61 Å². The summed E-state index contributed by atoms with van der Waals surface area (Å²) < 4.78 is 31.6. The van der Waals surface area contributed by atoms with Gasteiger partial charge in [0, 0.05) is 6.42 Å². The van der Waals surface area contributed by atoms with Crippen LogP contribution in [0.15, 0.2) is 18.2 Å². The number of hydrogen-bond donors (Lipinski definition) is 0. The van der Waals surface area contributed by atoms with Crippen LogP contribution in [0.1, 0.15) is 17.5 Å². The summed E-state index contributed by atoms with van der Waals surface area (Å²) in [5, 5.41) is 0. The van der Waals surface area contributed by atoms with Crippen LogP contribution in [0.5, 0.6) is 5.75 Å². The van der Waals surface area contributed by atoms with Gasteiger partial charge in [0.15, 0.2) is 0 Å². The van der Waals surface area contributed by atoms with E-state index in [0.29, 0.717) is 13.0 Å². The lowest BCUT2D eigenvalue weighted by atomic mass is 10.1. The first-order chi connectivity index (χ1) is 7.88. The van der Waals surface area contributed by atoms with Gasteiger partial charge in [-0.3, -0.25) is 4.18 Å². The number of rotatable bonds is 6. The topological polar surface area (TPSA) is 52.6 Å². The van der Waals surface area contributed by atoms with Gasteiger partial charge in [0.25, 0.3) is 10.1 Å². The summed E-state index contributed by atoms with van der Waals surface area (Å²) in [7, 11) is -3.34. The smallest absolute Gasteiger partial charge is 0.264 e. The molecule has 0 aliphatic rings. The van der Waals surface area contributed by atoms with E-state index in [2.05, 4.69) is 4.18 Å². The summed E-state index contributed by atoms with van der Waals surface area (Å²) in [6.45, 7) is 4.57. The largest absolute Gasteiger partial charge is 0.493 e. The van der Waals surface area contributed by atoms with Crippen LogP contribution in [-0.4, -0.2) is 27.9 Å². The first-order valence-electron chi connectivity index (χ1n) is 5.43. The second-order valence-electron chi connectivity index (χ2n) is 4.00. The van der Waals surface area contributed by atoms with Crippen LogP contribution in [0, 0.1) is 13.8 Å². The molecule has 0 atom stereocenters. The van der Waals surface area contributed by atoms with Crippen LogP contribution in [-0.2, 0) is 14.3 Å². The highest BCUT2D eigenvalue weighted by Crippen LogP contribution is 2.19. The van der Waals surface area contributed by atoms with Crippen LogP contribution in [0.4, 0.5) is 0 Å².